The van der Waals surface area contributed by atoms with Crippen LogP contribution in [-0.4, -0.2) is 21.9 Å². The average molecular weight is 143 g/mol. The summed E-state index contributed by atoms with van der Waals surface area (Å²) in [5.41, 5.74) is 0. The van der Waals surface area contributed by atoms with Crippen molar-refractivity contribution in [1.82, 2.24) is 0 Å². The van der Waals surface area contributed by atoms with Crippen molar-refractivity contribution in [3.8, 4) is 0 Å². The fourth-order valence-corrected chi connectivity index (χ4v) is 2.05. The van der Waals surface area contributed by atoms with E-state index in [0.29, 0.717) is 13.0 Å². The summed E-state index contributed by atoms with van der Waals surface area (Å²) in [7, 11) is -0.380. The minimum Gasteiger partial charge on any atom is -0.416 e. The highest BCUT2D eigenvalue weighted by molar-refractivity contribution is 6.54. The largest absolute Gasteiger partial charge is 0.416 e. The molecule has 0 aliphatic carbocycles. The minimum atomic E-state index is -0.380. The summed E-state index contributed by atoms with van der Waals surface area (Å²) in [4.78, 5) is 9.82. The Kier molecular flexibility index (Phi) is 2.93. The maximum Gasteiger partial charge on any atom is 0.211 e. The van der Waals surface area contributed by atoms with Crippen molar-refractivity contribution >= 4 is 15.3 Å². The zero-order valence-electron chi connectivity index (χ0n) is 5.43. The van der Waals surface area contributed by atoms with E-state index in [4.69, 9.17) is 4.43 Å². The van der Waals surface area contributed by atoms with Crippen LogP contribution in [-0.2, 0) is 9.22 Å². The number of rotatable bonds is 4. The van der Waals surface area contributed by atoms with E-state index in [1.54, 1.807) is 0 Å². The molecule has 1 heterocycles. The third-order valence-corrected chi connectivity index (χ3v) is 3.89. The molecule has 1 aliphatic heterocycles. The van der Waals surface area contributed by atoms with Crippen LogP contribution in [0.4, 0.5) is 0 Å². The third-order valence-electron chi connectivity index (χ3n) is 1.45. The summed E-state index contributed by atoms with van der Waals surface area (Å²) >= 11 is 0. The molecule has 0 unspecified atom stereocenters. The first kappa shape index (κ1) is 6.96. The van der Waals surface area contributed by atoms with Crippen LogP contribution in [0.2, 0.25) is 12.1 Å². The van der Waals surface area contributed by atoms with Crippen molar-refractivity contribution in [2.45, 2.75) is 24.9 Å². The molecule has 0 bridgehead atoms. The first-order valence-corrected chi connectivity index (χ1v) is 5.17. The van der Waals surface area contributed by atoms with Gasteiger partial charge in [0.1, 0.15) is 6.29 Å². The second-order valence-corrected chi connectivity index (χ2v) is 4.56. The summed E-state index contributed by atoms with van der Waals surface area (Å²) < 4.78 is 5.39. The lowest BCUT2D eigenvalue weighted by Gasteiger charge is -2.21. The highest BCUT2D eigenvalue weighted by atomic mass is 28.3. The van der Waals surface area contributed by atoms with Gasteiger partial charge in [-0.25, -0.2) is 0 Å². The van der Waals surface area contributed by atoms with Gasteiger partial charge < -0.3 is 9.22 Å². The highest BCUT2D eigenvalue weighted by Crippen LogP contribution is 2.20. The van der Waals surface area contributed by atoms with Gasteiger partial charge >= 0.3 is 0 Å². The van der Waals surface area contributed by atoms with E-state index >= 15 is 0 Å². The number of carbonyl (C=O) groups excluding carboxylic acids is 1. The van der Waals surface area contributed by atoms with Gasteiger partial charge in [0.15, 0.2) is 0 Å². The van der Waals surface area contributed by atoms with E-state index in [1.807, 2.05) is 0 Å². The fraction of sp³-hybridized carbons (Fsp3) is 0.833. The molecule has 0 aromatic carbocycles. The normalized spacial score (nSPS) is 19.1. The van der Waals surface area contributed by atoms with Crippen LogP contribution in [0.25, 0.3) is 0 Å². The molecule has 1 fully saturated rings. The van der Waals surface area contributed by atoms with Crippen molar-refractivity contribution in [3.63, 3.8) is 0 Å². The molecule has 1 rings (SSSR count). The third kappa shape index (κ3) is 2.28. The number of carbonyl (C=O) groups is 1. The van der Waals surface area contributed by atoms with Gasteiger partial charge in [-0.05, 0) is 12.1 Å². The SMILES string of the molecule is O=CCCO[Si]1CCC1. The second kappa shape index (κ2) is 3.79. The summed E-state index contributed by atoms with van der Waals surface area (Å²) in [6.07, 6.45) is 2.84. The molecule has 51 valence electrons. The number of hydrogen-bond acceptors (Lipinski definition) is 2. The topological polar surface area (TPSA) is 26.3 Å². The van der Waals surface area contributed by atoms with Crippen molar-refractivity contribution in [3.05, 3.63) is 0 Å². The molecule has 1 saturated heterocycles. The lowest BCUT2D eigenvalue weighted by Crippen LogP contribution is -2.26. The van der Waals surface area contributed by atoms with Gasteiger partial charge in [-0.15, -0.1) is 0 Å². The van der Waals surface area contributed by atoms with E-state index in [1.165, 1.54) is 18.5 Å². The second-order valence-electron chi connectivity index (χ2n) is 2.20. The molecule has 0 atom stereocenters. The van der Waals surface area contributed by atoms with E-state index in [9.17, 15) is 4.79 Å². The summed E-state index contributed by atoms with van der Waals surface area (Å²) in [5, 5.41) is 0. The van der Waals surface area contributed by atoms with Gasteiger partial charge in [0.25, 0.3) is 0 Å². The van der Waals surface area contributed by atoms with E-state index in [2.05, 4.69) is 0 Å². The van der Waals surface area contributed by atoms with Crippen LogP contribution in [0.1, 0.15) is 12.8 Å². The van der Waals surface area contributed by atoms with Gasteiger partial charge in [-0.1, -0.05) is 6.42 Å². The lowest BCUT2D eigenvalue weighted by atomic mass is 10.5. The summed E-state index contributed by atoms with van der Waals surface area (Å²) in [6, 6.07) is 2.59. The summed E-state index contributed by atoms with van der Waals surface area (Å²) in [6.45, 7) is 0.664. The molecule has 0 aromatic rings. The molecule has 9 heavy (non-hydrogen) atoms. The van der Waals surface area contributed by atoms with Gasteiger partial charge in [0, 0.05) is 13.0 Å². The first-order valence-electron chi connectivity index (χ1n) is 3.34. The van der Waals surface area contributed by atoms with Crippen LogP contribution in [0.5, 0.6) is 0 Å². The van der Waals surface area contributed by atoms with Crippen molar-refractivity contribution in [2.24, 2.45) is 0 Å². The molecule has 0 saturated carbocycles. The molecule has 0 N–H and O–H groups in total. The Morgan fingerprint density at radius 1 is 1.56 bits per heavy atom. The van der Waals surface area contributed by atoms with Crippen LogP contribution in [0.15, 0.2) is 0 Å². The maximum absolute atomic E-state index is 9.82. The molecule has 3 heteroatoms. The Hall–Kier alpha value is -0.153. The minimum absolute atomic E-state index is 0.380. The highest BCUT2D eigenvalue weighted by Gasteiger charge is 2.20. The molecule has 0 spiro atoms. The van der Waals surface area contributed by atoms with E-state index < -0.39 is 0 Å². The number of aldehydes is 1. The van der Waals surface area contributed by atoms with E-state index in [-0.39, 0.29) is 9.04 Å². The van der Waals surface area contributed by atoms with Gasteiger partial charge in [-0.2, -0.15) is 0 Å². The predicted molar refractivity (Wildman–Crippen MR) is 36.6 cm³/mol. The molecule has 2 nitrogen and oxygen atoms in total. The van der Waals surface area contributed by atoms with Gasteiger partial charge in [0.2, 0.25) is 9.04 Å². The molecular formula is C6H11O2Si. The predicted octanol–water partition coefficient (Wildman–Crippen LogP) is 0.987. The maximum atomic E-state index is 9.82. The Morgan fingerprint density at radius 3 is 2.78 bits per heavy atom. The standard InChI is InChI=1S/C6H11O2Si/c7-3-1-4-8-9-5-2-6-9/h3H,1-2,4-6H2. The molecule has 1 aliphatic rings. The Labute approximate surface area is 56.9 Å². The average Bonchev–Trinajstić information content (AvgIpc) is 1.76. The monoisotopic (exact) mass is 143 g/mol. The van der Waals surface area contributed by atoms with Crippen LogP contribution >= 0.6 is 0 Å². The lowest BCUT2D eigenvalue weighted by molar-refractivity contribution is -0.108. The zero-order chi connectivity index (χ0) is 6.53. The molecule has 0 aromatic heterocycles. The Bertz CT molecular complexity index is 91.1. The number of hydrogen-bond donors (Lipinski definition) is 0. The van der Waals surface area contributed by atoms with Gasteiger partial charge in [0.05, 0.1) is 0 Å². The van der Waals surface area contributed by atoms with Gasteiger partial charge in [-0.3, -0.25) is 0 Å². The fourth-order valence-electron chi connectivity index (χ4n) is 0.717. The van der Waals surface area contributed by atoms with Crippen LogP contribution in [0, 0.1) is 0 Å². The quantitative estimate of drug-likeness (QED) is 0.333. The Balaban J connectivity index is 1.85. The van der Waals surface area contributed by atoms with Crippen LogP contribution < -0.4 is 0 Å². The van der Waals surface area contributed by atoms with Crippen LogP contribution in [0.3, 0.4) is 0 Å². The van der Waals surface area contributed by atoms with Crippen molar-refractivity contribution in [1.29, 1.82) is 0 Å². The Morgan fingerprint density at radius 2 is 2.33 bits per heavy atom. The smallest absolute Gasteiger partial charge is 0.211 e. The first-order chi connectivity index (χ1) is 4.43. The van der Waals surface area contributed by atoms with Crippen molar-refractivity contribution in [2.75, 3.05) is 6.61 Å². The zero-order valence-corrected chi connectivity index (χ0v) is 6.43. The van der Waals surface area contributed by atoms with E-state index in [0.717, 1.165) is 6.29 Å². The molecule has 1 radical (unpaired) electrons. The molecular weight excluding hydrogens is 132 g/mol. The summed E-state index contributed by atoms with van der Waals surface area (Å²) in [5.74, 6) is 0. The molecule has 0 amide bonds. The van der Waals surface area contributed by atoms with Crippen molar-refractivity contribution < 1.29 is 9.22 Å².